The van der Waals surface area contributed by atoms with Gasteiger partial charge >= 0.3 is 17.9 Å². The monoisotopic (exact) mass is 612 g/mol. The summed E-state index contributed by atoms with van der Waals surface area (Å²) in [6.45, 7) is 9.31. The fourth-order valence-corrected chi connectivity index (χ4v) is 5.02. The van der Waals surface area contributed by atoms with Crippen LogP contribution in [0.2, 0.25) is 0 Å². The van der Waals surface area contributed by atoms with E-state index in [4.69, 9.17) is 23.7 Å². The normalized spacial score (nSPS) is 15.9. The maximum Gasteiger partial charge on any atom is 0.339 e. The summed E-state index contributed by atoms with van der Waals surface area (Å²) in [5.74, 6) is 0.849. The third-order valence-electron chi connectivity index (χ3n) is 7.49. The van der Waals surface area contributed by atoms with Crippen LogP contribution < -0.4 is 9.47 Å². The zero-order valence-electron chi connectivity index (χ0n) is 25.8. The van der Waals surface area contributed by atoms with E-state index in [9.17, 15) is 14.4 Å². The summed E-state index contributed by atoms with van der Waals surface area (Å²) >= 11 is 0. The van der Waals surface area contributed by atoms with Crippen LogP contribution in [0.4, 0.5) is 0 Å². The van der Waals surface area contributed by atoms with Crippen molar-refractivity contribution in [2.45, 2.75) is 58.3 Å². The SMILES string of the molecule is C=COC(=O)CCCOC1=CC=C(C2=CC=C(C3=CC=C(C(=O)Oc4ccc(OCCOC(=O)C(=C)C)cc4)CC3)CC2)CC1. The molecule has 1 aromatic rings. The summed E-state index contributed by atoms with van der Waals surface area (Å²) in [4.78, 5) is 35.5. The van der Waals surface area contributed by atoms with Crippen molar-refractivity contribution in [1.82, 2.24) is 0 Å². The molecule has 8 nitrogen and oxygen atoms in total. The number of allylic oxidation sites excluding steroid dienone is 11. The lowest BCUT2D eigenvalue weighted by atomic mass is 9.84. The van der Waals surface area contributed by atoms with Crippen LogP contribution in [0, 0.1) is 0 Å². The number of esters is 3. The van der Waals surface area contributed by atoms with Gasteiger partial charge < -0.3 is 23.7 Å². The Hall–Kier alpha value is -4.85. The number of rotatable bonds is 15. The van der Waals surface area contributed by atoms with Gasteiger partial charge in [-0.15, -0.1) is 0 Å². The second kappa shape index (κ2) is 16.9. The Morgan fingerprint density at radius 2 is 1.33 bits per heavy atom. The Kier molecular flexibility index (Phi) is 12.4. The predicted octanol–water partition coefficient (Wildman–Crippen LogP) is 7.47. The molecule has 4 rings (SSSR count). The summed E-state index contributed by atoms with van der Waals surface area (Å²) in [6.07, 6.45) is 19.7. The highest BCUT2D eigenvalue weighted by Crippen LogP contribution is 2.35. The quantitative estimate of drug-likeness (QED) is 0.0662. The van der Waals surface area contributed by atoms with Crippen LogP contribution in [0.1, 0.15) is 58.3 Å². The third-order valence-corrected chi connectivity index (χ3v) is 7.49. The van der Waals surface area contributed by atoms with Gasteiger partial charge in [0.2, 0.25) is 0 Å². The summed E-state index contributed by atoms with van der Waals surface area (Å²) < 4.78 is 26.7. The van der Waals surface area contributed by atoms with Crippen LogP contribution in [0.15, 0.2) is 119 Å². The molecule has 0 radical (unpaired) electrons. The first-order chi connectivity index (χ1) is 21.8. The molecule has 0 heterocycles. The molecule has 45 heavy (non-hydrogen) atoms. The molecular formula is C37H40O8. The molecule has 0 aromatic heterocycles. The predicted molar refractivity (Wildman–Crippen MR) is 171 cm³/mol. The minimum atomic E-state index is -0.450. The molecule has 0 saturated carbocycles. The molecule has 0 atom stereocenters. The average molecular weight is 613 g/mol. The Morgan fingerprint density at radius 1 is 0.733 bits per heavy atom. The van der Waals surface area contributed by atoms with Gasteiger partial charge in [0, 0.05) is 24.0 Å². The number of carbonyl (C=O) groups is 3. The van der Waals surface area contributed by atoms with Crippen LogP contribution in [0.5, 0.6) is 11.5 Å². The van der Waals surface area contributed by atoms with Gasteiger partial charge in [0.15, 0.2) is 0 Å². The Bertz CT molecular complexity index is 1480. The zero-order valence-corrected chi connectivity index (χ0v) is 25.8. The van der Waals surface area contributed by atoms with Crippen molar-refractivity contribution < 1.29 is 38.1 Å². The maximum atomic E-state index is 12.8. The molecule has 0 saturated heterocycles. The van der Waals surface area contributed by atoms with E-state index in [-0.39, 0.29) is 25.2 Å². The summed E-state index contributed by atoms with van der Waals surface area (Å²) in [7, 11) is 0. The lowest BCUT2D eigenvalue weighted by molar-refractivity contribution is -0.140. The van der Waals surface area contributed by atoms with E-state index in [0.29, 0.717) is 48.5 Å². The van der Waals surface area contributed by atoms with Gasteiger partial charge in [0.1, 0.15) is 24.7 Å². The molecule has 236 valence electrons. The number of ether oxygens (including phenoxy) is 5. The summed E-state index contributed by atoms with van der Waals surface area (Å²) in [5, 5.41) is 0. The minimum absolute atomic E-state index is 0.119. The van der Waals surface area contributed by atoms with Crippen molar-refractivity contribution in [2.75, 3.05) is 19.8 Å². The van der Waals surface area contributed by atoms with Gasteiger partial charge in [-0.3, -0.25) is 4.79 Å². The standard InChI is InChI=1S/C37H40O8/c1-4-41-35(38)6-5-23-42-32-17-15-30(16-18-32)28-9-7-27(8-10-28)29-11-13-31(14-12-29)37(40)45-34-21-19-33(20-22-34)43-24-25-44-36(39)26(2)3/h4,7,9,11,13,15,17,19-22H,1-2,5-6,8,10,12,14,16,18,23-25H2,3H3. The lowest BCUT2D eigenvalue weighted by Gasteiger charge is -2.22. The van der Waals surface area contributed by atoms with Crippen molar-refractivity contribution in [1.29, 1.82) is 0 Å². The second-order valence-electron chi connectivity index (χ2n) is 10.8. The van der Waals surface area contributed by atoms with Gasteiger partial charge in [0.25, 0.3) is 0 Å². The number of hydrogen-bond donors (Lipinski definition) is 0. The molecule has 0 N–H and O–H groups in total. The highest BCUT2D eigenvalue weighted by molar-refractivity contribution is 5.91. The van der Waals surface area contributed by atoms with Crippen LogP contribution in [-0.2, 0) is 28.6 Å². The number of carbonyl (C=O) groups excluding carboxylic acids is 3. The minimum Gasteiger partial charge on any atom is -0.498 e. The molecular weight excluding hydrogens is 572 g/mol. The highest BCUT2D eigenvalue weighted by atomic mass is 16.6. The number of benzene rings is 1. The average Bonchev–Trinajstić information content (AvgIpc) is 3.06. The van der Waals surface area contributed by atoms with Crippen LogP contribution >= 0.6 is 0 Å². The van der Waals surface area contributed by atoms with Crippen molar-refractivity contribution >= 4 is 17.9 Å². The second-order valence-corrected chi connectivity index (χ2v) is 10.8. The molecule has 0 bridgehead atoms. The Labute approximate surface area is 264 Å². The smallest absolute Gasteiger partial charge is 0.339 e. The topological polar surface area (TPSA) is 97.4 Å². The van der Waals surface area contributed by atoms with E-state index >= 15 is 0 Å². The molecule has 0 unspecified atom stereocenters. The van der Waals surface area contributed by atoms with Crippen molar-refractivity contribution in [3.63, 3.8) is 0 Å². The van der Waals surface area contributed by atoms with E-state index in [1.165, 1.54) is 22.3 Å². The first-order valence-electron chi connectivity index (χ1n) is 15.2. The van der Waals surface area contributed by atoms with E-state index in [1.807, 2.05) is 18.2 Å². The fraction of sp³-hybridized carbons (Fsp3) is 0.324. The zero-order chi connectivity index (χ0) is 32.0. The number of hydrogen-bond acceptors (Lipinski definition) is 8. The maximum absolute atomic E-state index is 12.8. The van der Waals surface area contributed by atoms with Gasteiger partial charge in [0.05, 0.1) is 18.6 Å². The van der Waals surface area contributed by atoms with Crippen molar-refractivity contribution in [3.8, 4) is 11.5 Å². The van der Waals surface area contributed by atoms with E-state index in [2.05, 4.69) is 31.4 Å². The van der Waals surface area contributed by atoms with Gasteiger partial charge in [-0.2, -0.15) is 0 Å². The van der Waals surface area contributed by atoms with Crippen LogP contribution in [-0.4, -0.2) is 37.7 Å². The Morgan fingerprint density at radius 3 is 1.89 bits per heavy atom. The molecule has 0 fully saturated rings. The van der Waals surface area contributed by atoms with E-state index < -0.39 is 5.97 Å². The lowest BCUT2D eigenvalue weighted by Crippen LogP contribution is -2.14. The van der Waals surface area contributed by atoms with Gasteiger partial charge in [-0.25, -0.2) is 9.59 Å². The first-order valence-corrected chi connectivity index (χ1v) is 15.2. The van der Waals surface area contributed by atoms with Crippen LogP contribution in [0.25, 0.3) is 0 Å². The molecule has 3 aliphatic rings. The molecule has 8 heteroatoms. The summed E-state index contributed by atoms with van der Waals surface area (Å²) in [5.41, 5.74) is 6.21. The molecule has 0 aliphatic heterocycles. The third kappa shape index (κ3) is 10.4. The van der Waals surface area contributed by atoms with Crippen molar-refractivity contribution in [3.05, 3.63) is 119 Å². The van der Waals surface area contributed by atoms with E-state index in [0.717, 1.165) is 44.1 Å². The molecule has 0 amide bonds. The van der Waals surface area contributed by atoms with Crippen LogP contribution in [0.3, 0.4) is 0 Å². The summed E-state index contributed by atoms with van der Waals surface area (Å²) in [6, 6.07) is 6.75. The first kappa shape index (κ1) is 33.1. The Balaban J connectivity index is 1.23. The van der Waals surface area contributed by atoms with Gasteiger partial charge in [-0.1, -0.05) is 43.5 Å². The van der Waals surface area contributed by atoms with Crippen molar-refractivity contribution in [2.24, 2.45) is 0 Å². The molecule has 0 spiro atoms. The van der Waals surface area contributed by atoms with E-state index in [1.54, 1.807) is 31.2 Å². The molecule has 1 aromatic carbocycles. The molecule has 3 aliphatic carbocycles. The highest BCUT2D eigenvalue weighted by Gasteiger charge is 2.20. The fourth-order valence-electron chi connectivity index (χ4n) is 5.02. The largest absolute Gasteiger partial charge is 0.498 e. The van der Waals surface area contributed by atoms with Gasteiger partial charge in [-0.05, 0) is 98.1 Å².